The molecule has 2 heterocycles. The van der Waals surface area contributed by atoms with Crippen LogP contribution in [0.1, 0.15) is 23.2 Å². The summed E-state index contributed by atoms with van der Waals surface area (Å²) in [5.41, 5.74) is 0.748. The van der Waals surface area contributed by atoms with Crippen LogP contribution in [-0.2, 0) is 4.74 Å². The van der Waals surface area contributed by atoms with Crippen LogP contribution in [0.5, 0.6) is 5.75 Å². The van der Waals surface area contributed by atoms with Gasteiger partial charge in [-0.15, -0.1) is 11.3 Å². The molecule has 1 fully saturated rings. The summed E-state index contributed by atoms with van der Waals surface area (Å²) >= 11 is 1.14. The Morgan fingerprint density at radius 2 is 2.07 bits per heavy atom. The Bertz CT molecular complexity index is 1000. The van der Waals surface area contributed by atoms with Gasteiger partial charge in [0.2, 0.25) is 0 Å². The SMILES string of the molecule is O=C(Nc1nc(-c2cc(F)ccc2F)cs1)c1ccc(OCC2CCCO2)cc1. The van der Waals surface area contributed by atoms with Crippen molar-refractivity contribution in [2.75, 3.05) is 18.5 Å². The average Bonchev–Trinajstić information content (AvgIpc) is 3.41. The quantitative estimate of drug-likeness (QED) is 0.621. The molecule has 2 aromatic carbocycles. The van der Waals surface area contributed by atoms with E-state index in [4.69, 9.17) is 9.47 Å². The molecule has 1 aromatic heterocycles. The molecular formula is C21H18F2N2O3S. The van der Waals surface area contributed by atoms with E-state index in [1.807, 2.05) is 0 Å². The van der Waals surface area contributed by atoms with Crippen molar-refractivity contribution in [3.05, 3.63) is 65.0 Å². The van der Waals surface area contributed by atoms with Gasteiger partial charge in [-0.2, -0.15) is 0 Å². The van der Waals surface area contributed by atoms with E-state index in [1.54, 1.807) is 29.6 Å². The molecule has 29 heavy (non-hydrogen) atoms. The molecule has 1 aliphatic heterocycles. The van der Waals surface area contributed by atoms with Gasteiger partial charge in [-0.1, -0.05) is 0 Å². The van der Waals surface area contributed by atoms with Crippen LogP contribution in [0.3, 0.4) is 0 Å². The highest BCUT2D eigenvalue weighted by Crippen LogP contribution is 2.28. The smallest absolute Gasteiger partial charge is 0.257 e. The third-order valence-electron chi connectivity index (χ3n) is 4.51. The Kier molecular flexibility index (Phi) is 5.82. The maximum absolute atomic E-state index is 13.9. The van der Waals surface area contributed by atoms with E-state index in [0.717, 1.165) is 49.0 Å². The van der Waals surface area contributed by atoms with Gasteiger partial charge in [0, 0.05) is 23.1 Å². The lowest BCUT2D eigenvalue weighted by molar-refractivity contribution is 0.0679. The fourth-order valence-electron chi connectivity index (χ4n) is 2.99. The van der Waals surface area contributed by atoms with Crippen molar-refractivity contribution in [2.45, 2.75) is 18.9 Å². The Balaban J connectivity index is 1.38. The van der Waals surface area contributed by atoms with E-state index in [2.05, 4.69) is 10.3 Å². The van der Waals surface area contributed by atoms with Crippen molar-refractivity contribution in [1.82, 2.24) is 4.98 Å². The lowest BCUT2D eigenvalue weighted by Gasteiger charge is -2.11. The number of rotatable bonds is 6. The van der Waals surface area contributed by atoms with Gasteiger partial charge in [0.1, 0.15) is 24.0 Å². The molecule has 4 rings (SSSR count). The maximum atomic E-state index is 13.9. The summed E-state index contributed by atoms with van der Waals surface area (Å²) in [5.74, 6) is -0.818. The number of aromatic nitrogens is 1. The van der Waals surface area contributed by atoms with Crippen LogP contribution in [0, 0.1) is 11.6 Å². The van der Waals surface area contributed by atoms with Crippen molar-refractivity contribution < 1.29 is 23.0 Å². The lowest BCUT2D eigenvalue weighted by Crippen LogP contribution is -2.16. The van der Waals surface area contributed by atoms with Gasteiger partial charge in [0.25, 0.3) is 5.91 Å². The molecule has 0 saturated carbocycles. The van der Waals surface area contributed by atoms with Crippen LogP contribution < -0.4 is 10.1 Å². The summed E-state index contributed by atoms with van der Waals surface area (Å²) in [5, 5.41) is 4.53. The minimum atomic E-state index is -0.576. The van der Waals surface area contributed by atoms with Crippen molar-refractivity contribution in [1.29, 1.82) is 0 Å². The van der Waals surface area contributed by atoms with Crippen molar-refractivity contribution in [2.24, 2.45) is 0 Å². The highest BCUT2D eigenvalue weighted by Gasteiger charge is 2.16. The summed E-state index contributed by atoms with van der Waals surface area (Å²) in [6.07, 6.45) is 2.17. The van der Waals surface area contributed by atoms with Crippen LogP contribution >= 0.6 is 11.3 Å². The largest absolute Gasteiger partial charge is 0.491 e. The molecule has 8 heteroatoms. The number of nitrogens with one attached hydrogen (secondary N) is 1. The zero-order valence-electron chi connectivity index (χ0n) is 15.4. The van der Waals surface area contributed by atoms with Crippen LogP contribution in [0.25, 0.3) is 11.3 Å². The van der Waals surface area contributed by atoms with Gasteiger partial charge in [-0.05, 0) is 55.3 Å². The number of thiazole rings is 1. The van der Waals surface area contributed by atoms with E-state index in [1.165, 1.54) is 0 Å². The molecular weight excluding hydrogens is 398 g/mol. The van der Waals surface area contributed by atoms with Gasteiger partial charge in [0.15, 0.2) is 5.13 Å². The van der Waals surface area contributed by atoms with Crippen LogP contribution in [0.15, 0.2) is 47.8 Å². The molecule has 0 bridgehead atoms. The van der Waals surface area contributed by atoms with Crippen LogP contribution in [0.2, 0.25) is 0 Å². The molecule has 0 radical (unpaired) electrons. The summed E-state index contributed by atoms with van der Waals surface area (Å²) in [4.78, 5) is 16.6. The Hall–Kier alpha value is -2.84. The second-order valence-corrected chi connectivity index (χ2v) is 7.44. The number of hydrogen-bond donors (Lipinski definition) is 1. The highest BCUT2D eigenvalue weighted by atomic mass is 32.1. The van der Waals surface area contributed by atoms with E-state index in [0.29, 0.717) is 23.1 Å². The molecule has 5 nitrogen and oxygen atoms in total. The molecule has 0 aliphatic carbocycles. The predicted octanol–water partition coefficient (Wildman–Crippen LogP) is 4.90. The van der Waals surface area contributed by atoms with E-state index < -0.39 is 11.6 Å². The molecule has 1 unspecified atom stereocenters. The van der Waals surface area contributed by atoms with Gasteiger partial charge >= 0.3 is 0 Å². The molecule has 1 atom stereocenters. The number of benzene rings is 2. The number of hydrogen-bond acceptors (Lipinski definition) is 5. The summed E-state index contributed by atoms with van der Waals surface area (Å²) in [6.45, 7) is 1.27. The fourth-order valence-corrected chi connectivity index (χ4v) is 3.69. The van der Waals surface area contributed by atoms with E-state index in [-0.39, 0.29) is 23.3 Å². The van der Waals surface area contributed by atoms with Crippen molar-refractivity contribution >= 4 is 22.4 Å². The highest BCUT2D eigenvalue weighted by molar-refractivity contribution is 7.14. The lowest BCUT2D eigenvalue weighted by atomic mass is 10.1. The van der Waals surface area contributed by atoms with Crippen LogP contribution in [0.4, 0.5) is 13.9 Å². The normalized spacial score (nSPS) is 16.0. The molecule has 1 saturated heterocycles. The van der Waals surface area contributed by atoms with Crippen molar-refractivity contribution in [3.63, 3.8) is 0 Å². The Morgan fingerprint density at radius 3 is 2.83 bits per heavy atom. The number of nitrogens with zero attached hydrogens (tertiary/aromatic N) is 1. The molecule has 0 spiro atoms. The van der Waals surface area contributed by atoms with Gasteiger partial charge in [-0.25, -0.2) is 13.8 Å². The second-order valence-electron chi connectivity index (χ2n) is 6.59. The first-order chi connectivity index (χ1) is 14.1. The number of amides is 1. The van der Waals surface area contributed by atoms with Gasteiger partial charge in [0.05, 0.1) is 11.8 Å². The molecule has 1 amide bonds. The summed E-state index contributed by atoms with van der Waals surface area (Å²) < 4.78 is 38.4. The zero-order valence-corrected chi connectivity index (χ0v) is 16.2. The Morgan fingerprint density at radius 1 is 1.24 bits per heavy atom. The first-order valence-corrected chi connectivity index (χ1v) is 10.0. The number of halogens is 2. The number of ether oxygens (including phenoxy) is 2. The van der Waals surface area contributed by atoms with E-state index in [9.17, 15) is 13.6 Å². The fraction of sp³-hybridized carbons (Fsp3) is 0.238. The third kappa shape index (κ3) is 4.78. The average molecular weight is 416 g/mol. The molecule has 150 valence electrons. The minimum Gasteiger partial charge on any atom is -0.491 e. The number of carbonyl (C=O) groups is 1. The zero-order chi connectivity index (χ0) is 20.2. The third-order valence-corrected chi connectivity index (χ3v) is 5.26. The molecule has 3 aromatic rings. The van der Waals surface area contributed by atoms with Gasteiger partial charge in [-0.3, -0.25) is 10.1 Å². The second kappa shape index (κ2) is 8.67. The molecule has 1 aliphatic rings. The summed E-state index contributed by atoms with van der Waals surface area (Å²) in [7, 11) is 0. The maximum Gasteiger partial charge on any atom is 0.257 e. The number of carbonyl (C=O) groups excluding carboxylic acids is 1. The summed E-state index contributed by atoms with van der Waals surface area (Å²) in [6, 6.07) is 9.92. The van der Waals surface area contributed by atoms with Gasteiger partial charge < -0.3 is 9.47 Å². The minimum absolute atomic E-state index is 0.0505. The monoisotopic (exact) mass is 416 g/mol. The van der Waals surface area contributed by atoms with Crippen LogP contribution in [-0.4, -0.2) is 30.2 Å². The topological polar surface area (TPSA) is 60.5 Å². The van der Waals surface area contributed by atoms with E-state index >= 15 is 0 Å². The standard InChI is InChI=1S/C21H18F2N2O3S/c22-14-5-8-18(23)17(10-14)19-12-29-21(24-19)25-20(26)13-3-6-15(7-4-13)28-11-16-2-1-9-27-16/h3-8,10,12,16H,1-2,9,11H2,(H,24,25,26). The molecule has 1 N–H and O–H groups in total. The predicted molar refractivity (Wildman–Crippen MR) is 106 cm³/mol. The first-order valence-electron chi connectivity index (χ1n) is 9.15. The van der Waals surface area contributed by atoms with Crippen molar-refractivity contribution in [3.8, 4) is 17.0 Å². The number of anilines is 1. The first kappa shape index (κ1) is 19.5. The Labute approximate surface area is 170 Å².